The van der Waals surface area contributed by atoms with Crippen LogP contribution in [0.4, 0.5) is 5.69 Å². The lowest BCUT2D eigenvalue weighted by molar-refractivity contribution is -0.121. The summed E-state index contributed by atoms with van der Waals surface area (Å²) in [7, 11) is 0. The van der Waals surface area contributed by atoms with Crippen LogP contribution in [-0.2, 0) is 4.79 Å². The van der Waals surface area contributed by atoms with Gasteiger partial charge in [0.1, 0.15) is 6.04 Å². The molecule has 4 nitrogen and oxygen atoms in total. The minimum Gasteiger partial charge on any atom is -0.374 e. The Labute approximate surface area is 141 Å². The van der Waals surface area contributed by atoms with Crippen LogP contribution in [0.15, 0.2) is 53.6 Å². The Morgan fingerprint density at radius 3 is 2.57 bits per heavy atom. The van der Waals surface area contributed by atoms with Crippen LogP contribution < -0.4 is 10.7 Å². The summed E-state index contributed by atoms with van der Waals surface area (Å²) in [6.07, 6.45) is 2.30. The standard InChI is InChI=1S/C18H20ClN3O/c1-3-17(21-16-10-8-15(19)9-11-16)18(23)22-20-12-14-7-5-4-6-13(14)2/h4-12,17,21H,3H2,1-2H3,(H,22,23)/b20-12-/t17-/m0/s1. The zero-order valence-electron chi connectivity index (χ0n) is 13.2. The van der Waals surface area contributed by atoms with Crippen LogP contribution in [0.2, 0.25) is 5.02 Å². The van der Waals surface area contributed by atoms with Crippen LogP contribution in [0, 0.1) is 6.92 Å². The van der Waals surface area contributed by atoms with Gasteiger partial charge in [-0.1, -0.05) is 42.8 Å². The van der Waals surface area contributed by atoms with Gasteiger partial charge in [0.15, 0.2) is 0 Å². The third-order valence-corrected chi connectivity index (χ3v) is 3.73. The predicted octanol–water partition coefficient (Wildman–Crippen LogP) is 3.99. The quantitative estimate of drug-likeness (QED) is 0.622. The van der Waals surface area contributed by atoms with Crippen molar-refractivity contribution in [3.05, 3.63) is 64.7 Å². The molecule has 0 bridgehead atoms. The number of hydrazone groups is 1. The molecule has 0 aromatic heterocycles. The Morgan fingerprint density at radius 2 is 1.91 bits per heavy atom. The molecule has 2 aromatic rings. The number of nitrogens with zero attached hydrogens (tertiary/aromatic N) is 1. The van der Waals surface area contributed by atoms with E-state index in [1.807, 2.05) is 50.2 Å². The Bertz CT molecular complexity index is 683. The largest absolute Gasteiger partial charge is 0.374 e. The molecule has 1 amide bonds. The van der Waals surface area contributed by atoms with E-state index < -0.39 is 0 Å². The SMILES string of the molecule is CC[C@H](Nc1ccc(Cl)cc1)C(=O)N/N=C\c1ccccc1C. The molecule has 0 aliphatic rings. The van der Waals surface area contributed by atoms with Crippen molar-refractivity contribution in [1.82, 2.24) is 5.43 Å². The molecule has 0 aliphatic heterocycles. The molecule has 0 spiro atoms. The second kappa shape index (κ2) is 8.34. The Morgan fingerprint density at radius 1 is 1.22 bits per heavy atom. The van der Waals surface area contributed by atoms with Crippen LogP contribution in [-0.4, -0.2) is 18.2 Å². The van der Waals surface area contributed by atoms with Crippen LogP contribution in [0.5, 0.6) is 0 Å². The zero-order valence-corrected chi connectivity index (χ0v) is 14.0. The maximum atomic E-state index is 12.2. The highest BCUT2D eigenvalue weighted by atomic mass is 35.5. The van der Waals surface area contributed by atoms with Gasteiger partial charge in [-0.15, -0.1) is 0 Å². The normalized spacial score (nSPS) is 12.1. The fraction of sp³-hybridized carbons (Fsp3) is 0.222. The van der Waals surface area contributed by atoms with Gasteiger partial charge in [0.25, 0.3) is 5.91 Å². The molecular formula is C18H20ClN3O. The number of carbonyl (C=O) groups is 1. The van der Waals surface area contributed by atoms with E-state index in [0.717, 1.165) is 16.8 Å². The molecular weight excluding hydrogens is 310 g/mol. The molecule has 23 heavy (non-hydrogen) atoms. The van der Waals surface area contributed by atoms with Crippen LogP contribution in [0.1, 0.15) is 24.5 Å². The maximum absolute atomic E-state index is 12.2. The number of carbonyl (C=O) groups excluding carboxylic acids is 1. The van der Waals surface area contributed by atoms with Crippen molar-refractivity contribution in [2.45, 2.75) is 26.3 Å². The lowest BCUT2D eigenvalue weighted by Crippen LogP contribution is -2.36. The number of hydrogen-bond donors (Lipinski definition) is 2. The first-order valence-electron chi connectivity index (χ1n) is 7.51. The molecule has 5 heteroatoms. The molecule has 0 saturated heterocycles. The average Bonchev–Trinajstić information content (AvgIpc) is 2.56. The Balaban J connectivity index is 1.95. The fourth-order valence-corrected chi connectivity index (χ4v) is 2.20. The highest BCUT2D eigenvalue weighted by Crippen LogP contribution is 2.15. The molecule has 1 atom stereocenters. The number of anilines is 1. The topological polar surface area (TPSA) is 53.5 Å². The first kappa shape index (κ1) is 17.0. The fourth-order valence-electron chi connectivity index (χ4n) is 2.08. The molecule has 0 aliphatic carbocycles. The Hall–Kier alpha value is -2.33. The van der Waals surface area contributed by atoms with Gasteiger partial charge in [0.05, 0.1) is 6.21 Å². The van der Waals surface area contributed by atoms with Crippen molar-refractivity contribution in [2.75, 3.05) is 5.32 Å². The maximum Gasteiger partial charge on any atom is 0.262 e. The van der Waals surface area contributed by atoms with Gasteiger partial charge in [0.2, 0.25) is 0 Å². The number of hydrogen-bond acceptors (Lipinski definition) is 3. The highest BCUT2D eigenvalue weighted by Gasteiger charge is 2.15. The van der Waals surface area contributed by atoms with E-state index in [-0.39, 0.29) is 11.9 Å². The van der Waals surface area contributed by atoms with E-state index >= 15 is 0 Å². The number of rotatable bonds is 6. The first-order valence-corrected chi connectivity index (χ1v) is 7.88. The highest BCUT2D eigenvalue weighted by molar-refractivity contribution is 6.30. The lowest BCUT2D eigenvalue weighted by Gasteiger charge is -2.16. The molecule has 2 N–H and O–H groups in total. The smallest absolute Gasteiger partial charge is 0.262 e. The van der Waals surface area contributed by atoms with Crippen LogP contribution in [0.25, 0.3) is 0 Å². The third-order valence-electron chi connectivity index (χ3n) is 3.48. The van der Waals surface area contributed by atoms with Crippen LogP contribution >= 0.6 is 11.6 Å². The zero-order chi connectivity index (χ0) is 16.7. The molecule has 2 aromatic carbocycles. The van der Waals surface area contributed by atoms with Crippen molar-refractivity contribution in [3.8, 4) is 0 Å². The average molecular weight is 330 g/mol. The van der Waals surface area contributed by atoms with E-state index in [0.29, 0.717) is 11.4 Å². The van der Waals surface area contributed by atoms with Gasteiger partial charge in [-0.3, -0.25) is 4.79 Å². The summed E-state index contributed by atoms with van der Waals surface area (Å²) in [5.74, 6) is -0.174. The van der Waals surface area contributed by atoms with Gasteiger partial charge < -0.3 is 5.32 Å². The third kappa shape index (κ3) is 5.11. The van der Waals surface area contributed by atoms with Gasteiger partial charge in [0, 0.05) is 10.7 Å². The van der Waals surface area contributed by atoms with Gasteiger partial charge in [-0.2, -0.15) is 5.10 Å². The minimum atomic E-state index is -0.356. The number of benzene rings is 2. The van der Waals surface area contributed by atoms with Gasteiger partial charge >= 0.3 is 0 Å². The monoisotopic (exact) mass is 329 g/mol. The van der Waals surface area contributed by atoms with Crippen molar-refractivity contribution in [1.29, 1.82) is 0 Å². The van der Waals surface area contributed by atoms with Gasteiger partial charge in [-0.25, -0.2) is 5.43 Å². The number of nitrogens with one attached hydrogen (secondary N) is 2. The summed E-state index contributed by atoms with van der Waals surface area (Å²) >= 11 is 5.86. The van der Waals surface area contributed by atoms with E-state index in [1.165, 1.54) is 0 Å². The van der Waals surface area contributed by atoms with E-state index in [9.17, 15) is 4.79 Å². The molecule has 0 heterocycles. The van der Waals surface area contributed by atoms with Crippen molar-refractivity contribution >= 4 is 29.4 Å². The van der Waals surface area contributed by atoms with Crippen molar-refractivity contribution < 1.29 is 4.79 Å². The van der Waals surface area contributed by atoms with Crippen molar-refractivity contribution in [2.24, 2.45) is 5.10 Å². The first-order chi connectivity index (χ1) is 11.1. The lowest BCUT2D eigenvalue weighted by atomic mass is 10.1. The second-order valence-electron chi connectivity index (χ2n) is 5.20. The van der Waals surface area contributed by atoms with E-state index in [1.54, 1.807) is 18.3 Å². The van der Waals surface area contributed by atoms with Crippen LogP contribution in [0.3, 0.4) is 0 Å². The Kier molecular flexibility index (Phi) is 6.18. The summed E-state index contributed by atoms with van der Waals surface area (Å²) in [4.78, 5) is 12.2. The summed E-state index contributed by atoms with van der Waals surface area (Å²) < 4.78 is 0. The van der Waals surface area contributed by atoms with E-state index in [4.69, 9.17) is 11.6 Å². The summed E-state index contributed by atoms with van der Waals surface area (Å²) in [5.41, 5.74) is 5.52. The predicted molar refractivity (Wildman–Crippen MR) is 96.1 cm³/mol. The number of halogens is 1. The van der Waals surface area contributed by atoms with Gasteiger partial charge in [-0.05, 0) is 48.7 Å². The molecule has 2 rings (SSSR count). The summed E-state index contributed by atoms with van der Waals surface area (Å²) in [6.45, 7) is 3.94. The van der Waals surface area contributed by atoms with E-state index in [2.05, 4.69) is 15.8 Å². The molecule has 0 radical (unpaired) electrons. The number of aryl methyl sites for hydroxylation is 1. The molecule has 0 fully saturated rings. The number of amides is 1. The summed E-state index contributed by atoms with van der Waals surface area (Å²) in [6, 6.07) is 14.8. The molecule has 0 saturated carbocycles. The summed E-state index contributed by atoms with van der Waals surface area (Å²) in [5, 5.41) is 7.88. The van der Waals surface area contributed by atoms with Crippen molar-refractivity contribution in [3.63, 3.8) is 0 Å². The molecule has 0 unspecified atom stereocenters. The molecule has 120 valence electrons. The minimum absolute atomic E-state index is 0.174. The second-order valence-corrected chi connectivity index (χ2v) is 5.64.